The largest absolute Gasteiger partial charge is 0.322 e. The number of hydrogen-bond acceptors (Lipinski definition) is 2. The van der Waals surface area contributed by atoms with E-state index in [0.29, 0.717) is 0 Å². The average Bonchev–Trinajstić information content (AvgIpc) is 2.27. The van der Waals surface area contributed by atoms with E-state index in [1.165, 1.54) is 11.1 Å². The molecule has 0 radical (unpaired) electrons. The van der Waals surface area contributed by atoms with Crippen molar-refractivity contribution in [3.63, 3.8) is 0 Å². The van der Waals surface area contributed by atoms with Gasteiger partial charge in [0.1, 0.15) is 0 Å². The minimum absolute atomic E-state index is 0.00918. The fourth-order valence-corrected chi connectivity index (χ4v) is 1.95. The van der Waals surface area contributed by atoms with Crippen LogP contribution in [0.4, 0.5) is 0 Å². The zero-order valence-electron chi connectivity index (χ0n) is 11.1. The molecule has 0 aliphatic heterocycles. The van der Waals surface area contributed by atoms with E-state index >= 15 is 0 Å². The summed E-state index contributed by atoms with van der Waals surface area (Å²) in [6, 6.07) is 8.57. The van der Waals surface area contributed by atoms with Gasteiger partial charge in [-0.3, -0.25) is 0 Å². The quantitative estimate of drug-likeness (QED) is 0.845. The molecule has 2 heteroatoms. The molecule has 0 aromatic heterocycles. The standard InChI is InChI=1S/C14H24N2/c1-6-14(3,16(4)5)13(15)12-9-7-11(2)8-10-12/h7-10,13H,6,15H2,1-5H3. The highest BCUT2D eigenvalue weighted by atomic mass is 15.2. The van der Waals surface area contributed by atoms with Gasteiger partial charge in [0.05, 0.1) is 0 Å². The Hall–Kier alpha value is -0.860. The zero-order chi connectivity index (χ0) is 12.3. The van der Waals surface area contributed by atoms with E-state index in [1.807, 2.05) is 0 Å². The number of aryl methyl sites for hydroxylation is 1. The van der Waals surface area contributed by atoms with E-state index in [4.69, 9.17) is 5.73 Å². The second-order valence-electron chi connectivity index (χ2n) is 4.99. The molecular formula is C14H24N2. The number of likely N-dealkylation sites (N-methyl/N-ethyl adjacent to an activating group) is 1. The van der Waals surface area contributed by atoms with Crippen LogP contribution in [0.2, 0.25) is 0 Å². The lowest BCUT2D eigenvalue weighted by Crippen LogP contribution is -2.49. The van der Waals surface area contributed by atoms with Crippen LogP contribution >= 0.6 is 0 Å². The summed E-state index contributed by atoms with van der Waals surface area (Å²) < 4.78 is 0. The minimum atomic E-state index is 0.00918. The van der Waals surface area contributed by atoms with Crippen molar-refractivity contribution in [1.82, 2.24) is 4.90 Å². The molecule has 0 bridgehead atoms. The maximum absolute atomic E-state index is 6.39. The first kappa shape index (κ1) is 13.2. The van der Waals surface area contributed by atoms with Crippen LogP contribution in [0.1, 0.15) is 37.4 Å². The second-order valence-corrected chi connectivity index (χ2v) is 4.99. The first-order chi connectivity index (χ1) is 7.41. The summed E-state index contributed by atoms with van der Waals surface area (Å²) in [5.41, 5.74) is 8.89. The number of nitrogens with zero attached hydrogens (tertiary/aromatic N) is 1. The molecular weight excluding hydrogens is 196 g/mol. The van der Waals surface area contributed by atoms with Gasteiger partial charge in [-0.05, 0) is 39.9 Å². The van der Waals surface area contributed by atoms with Gasteiger partial charge in [0.15, 0.2) is 0 Å². The summed E-state index contributed by atoms with van der Waals surface area (Å²) in [7, 11) is 4.19. The molecule has 90 valence electrons. The highest BCUT2D eigenvalue weighted by Crippen LogP contribution is 2.30. The van der Waals surface area contributed by atoms with E-state index in [0.717, 1.165) is 6.42 Å². The maximum Gasteiger partial charge on any atom is 0.0479 e. The molecule has 16 heavy (non-hydrogen) atoms. The molecule has 1 aromatic carbocycles. The third kappa shape index (κ3) is 2.45. The van der Waals surface area contributed by atoms with Gasteiger partial charge in [-0.15, -0.1) is 0 Å². The van der Waals surface area contributed by atoms with E-state index < -0.39 is 0 Å². The average molecular weight is 220 g/mol. The van der Waals surface area contributed by atoms with Crippen LogP contribution in [0.15, 0.2) is 24.3 Å². The fraction of sp³-hybridized carbons (Fsp3) is 0.571. The first-order valence-electron chi connectivity index (χ1n) is 5.91. The number of hydrogen-bond donors (Lipinski definition) is 1. The third-order valence-corrected chi connectivity index (χ3v) is 3.84. The molecule has 0 aliphatic carbocycles. The number of nitrogens with two attached hydrogens (primary N) is 1. The van der Waals surface area contributed by atoms with E-state index in [1.54, 1.807) is 0 Å². The molecule has 0 aliphatic rings. The molecule has 1 aromatic rings. The van der Waals surface area contributed by atoms with Crippen LogP contribution in [0.5, 0.6) is 0 Å². The molecule has 0 spiro atoms. The van der Waals surface area contributed by atoms with E-state index in [9.17, 15) is 0 Å². The van der Waals surface area contributed by atoms with Gasteiger partial charge in [0.25, 0.3) is 0 Å². The summed E-state index contributed by atoms with van der Waals surface area (Å²) >= 11 is 0. The molecule has 2 unspecified atom stereocenters. The van der Waals surface area contributed by atoms with Gasteiger partial charge in [0.2, 0.25) is 0 Å². The fourth-order valence-electron chi connectivity index (χ4n) is 1.95. The SMILES string of the molecule is CCC(C)(C(N)c1ccc(C)cc1)N(C)C. The lowest BCUT2D eigenvalue weighted by atomic mass is 9.84. The molecule has 1 rings (SSSR count). The van der Waals surface area contributed by atoms with Crippen LogP contribution in [0, 0.1) is 6.92 Å². The van der Waals surface area contributed by atoms with Crippen molar-refractivity contribution in [2.24, 2.45) is 5.73 Å². The highest BCUT2D eigenvalue weighted by molar-refractivity contribution is 5.26. The topological polar surface area (TPSA) is 29.3 Å². The number of rotatable bonds is 4. The van der Waals surface area contributed by atoms with Crippen LogP contribution < -0.4 is 5.73 Å². The lowest BCUT2D eigenvalue weighted by Gasteiger charge is -2.41. The van der Waals surface area contributed by atoms with Crippen molar-refractivity contribution in [2.45, 2.75) is 38.8 Å². The smallest absolute Gasteiger partial charge is 0.0479 e. The summed E-state index contributed by atoms with van der Waals surface area (Å²) in [5.74, 6) is 0. The molecule has 2 N–H and O–H groups in total. The Kier molecular flexibility index (Phi) is 4.11. The normalized spacial score (nSPS) is 17.2. The van der Waals surface area contributed by atoms with E-state index in [-0.39, 0.29) is 11.6 Å². The number of benzene rings is 1. The predicted octanol–water partition coefficient (Wildman–Crippen LogP) is 2.73. The van der Waals surface area contributed by atoms with Crippen LogP contribution in [-0.2, 0) is 0 Å². The van der Waals surface area contributed by atoms with Gasteiger partial charge in [0, 0.05) is 11.6 Å². The van der Waals surface area contributed by atoms with Crippen LogP contribution in [0.25, 0.3) is 0 Å². The summed E-state index contributed by atoms with van der Waals surface area (Å²) in [5, 5.41) is 0. The summed E-state index contributed by atoms with van der Waals surface area (Å²) in [4.78, 5) is 2.22. The van der Waals surface area contributed by atoms with Crippen molar-refractivity contribution in [1.29, 1.82) is 0 Å². The van der Waals surface area contributed by atoms with Crippen LogP contribution in [-0.4, -0.2) is 24.5 Å². The Morgan fingerprint density at radius 1 is 1.25 bits per heavy atom. The Balaban J connectivity index is 3.00. The van der Waals surface area contributed by atoms with Crippen molar-refractivity contribution >= 4 is 0 Å². The van der Waals surface area contributed by atoms with Crippen molar-refractivity contribution in [2.75, 3.05) is 14.1 Å². The van der Waals surface area contributed by atoms with Gasteiger partial charge < -0.3 is 10.6 Å². The van der Waals surface area contributed by atoms with Gasteiger partial charge in [-0.25, -0.2) is 0 Å². The lowest BCUT2D eigenvalue weighted by molar-refractivity contribution is 0.132. The predicted molar refractivity (Wildman–Crippen MR) is 70.5 cm³/mol. The first-order valence-corrected chi connectivity index (χ1v) is 5.91. The van der Waals surface area contributed by atoms with Crippen molar-refractivity contribution in [3.8, 4) is 0 Å². The Bertz CT molecular complexity index is 329. The maximum atomic E-state index is 6.39. The highest BCUT2D eigenvalue weighted by Gasteiger charge is 2.32. The molecule has 0 heterocycles. The Labute approximate surface area is 99.5 Å². The molecule has 0 amide bonds. The molecule has 0 saturated heterocycles. The molecule has 0 saturated carbocycles. The van der Waals surface area contributed by atoms with Crippen LogP contribution in [0.3, 0.4) is 0 Å². The van der Waals surface area contributed by atoms with Crippen molar-refractivity contribution in [3.05, 3.63) is 35.4 Å². The zero-order valence-corrected chi connectivity index (χ0v) is 11.1. The molecule has 0 fully saturated rings. The molecule has 2 nitrogen and oxygen atoms in total. The Morgan fingerprint density at radius 3 is 2.12 bits per heavy atom. The third-order valence-electron chi connectivity index (χ3n) is 3.84. The Morgan fingerprint density at radius 2 is 1.75 bits per heavy atom. The van der Waals surface area contributed by atoms with Gasteiger partial charge >= 0.3 is 0 Å². The van der Waals surface area contributed by atoms with Gasteiger partial charge in [-0.2, -0.15) is 0 Å². The van der Waals surface area contributed by atoms with Gasteiger partial charge in [-0.1, -0.05) is 36.8 Å². The monoisotopic (exact) mass is 220 g/mol. The summed E-state index contributed by atoms with van der Waals surface area (Å²) in [6.45, 7) is 6.51. The molecule has 2 atom stereocenters. The minimum Gasteiger partial charge on any atom is -0.322 e. The van der Waals surface area contributed by atoms with Crippen molar-refractivity contribution < 1.29 is 0 Å². The second kappa shape index (κ2) is 4.98. The summed E-state index contributed by atoms with van der Waals surface area (Å²) in [6.07, 6.45) is 1.04. The van der Waals surface area contributed by atoms with E-state index in [2.05, 4.69) is 64.0 Å².